The molecule has 0 radical (unpaired) electrons. The van der Waals surface area contributed by atoms with E-state index in [0.29, 0.717) is 30.3 Å². The van der Waals surface area contributed by atoms with Gasteiger partial charge < -0.3 is 24.4 Å². The lowest BCUT2D eigenvalue weighted by Gasteiger charge is -2.21. The van der Waals surface area contributed by atoms with Gasteiger partial charge in [0.2, 0.25) is 12.7 Å². The topological polar surface area (TPSA) is 77.1 Å². The van der Waals surface area contributed by atoms with E-state index >= 15 is 0 Å². The molecule has 0 aliphatic carbocycles. The molecule has 0 atom stereocenters. The summed E-state index contributed by atoms with van der Waals surface area (Å²) in [5, 5.41) is 2.53. The van der Waals surface area contributed by atoms with Crippen LogP contribution in [0.4, 0.5) is 10.5 Å². The molecule has 0 saturated heterocycles. The Morgan fingerprint density at radius 3 is 2.80 bits per heavy atom. The Kier molecular flexibility index (Phi) is 4.29. The summed E-state index contributed by atoms with van der Waals surface area (Å²) in [5.41, 5.74) is 0.688. The minimum absolute atomic E-state index is 0.129. The Hall–Kier alpha value is -2.44. The van der Waals surface area contributed by atoms with Gasteiger partial charge in [-0.25, -0.2) is 4.79 Å². The average Bonchev–Trinajstić information content (AvgIpc) is 2.90. The van der Waals surface area contributed by atoms with E-state index in [4.69, 9.17) is 9.47 Å². The first-order chi connectivity index (χ1) is 9.61. The lowest BCUT2D eigenvalue weighted by Crippen LogP contribution is -2.37. The van der Waals surface area contributed by atoms with Crippen LogP contribution in [0.25, 0.3) is 0 Å². The zero-order valence-electron chi connectivity index (χ0n) is 11.3. The van der Waals surface area contributed by atoms with Gasteiger partial charge in [-0.3, -0.25) is 4.79 Å². The van der Waals surface area contributed by atoms with Crippen LogP contribution in [0.5, 0.6) is 11.5 Å². The van der Waals surface area contributed by atoms with Crippen molar-refractivity contribution in [3.8, 4) is 11.5 Å². The van der Waals surface area contributed by atoms with Crippen molar-refractivity contribution < 1.29 is 23.8 Å². The maximum absolute atomic E-state index is 11.7. The third kappa shape index (κ3) is 3.11. The smallest absolute Gasteiger partial charge is 0.406 e. The second kappa shape index (κ2) is 6.14. The van der Waals surface area contributed by atoms with E-state index in [-0.39, 0.29) is 12.7 Å². The molecule has 0 fully saturated rings. The quantitative estimate of drug-likeness (QED) is 0.894. The van der Waals surface area contributed by atoms with Crippen molar-refractivity contribution in [2.75, 3.05) is 31.9 Å². The second-order valence-corrected chi connectivity index (χ2v) is 4.13. The van der Waals surface area contributed by atoms with Gasteiger partial charge in [0.1, 0.15) is 0 Å². The Balaban J connectivity index is 2.05. The molecule has 7 nitrogen and oxygen atoms in total. The van der Waals surface area contributed by atoms with Gasteiger partial charge in [0.05, 0.1) is 7.11 Å². The zero-order valence-corrected chi connectivity index (χ0v) is 11.3. The van der Waals surface area contributed by atoms with Gasteiger partial charge in [-0.05, 0) is 12.1 Å². The van der Waals surface area contributed by atoms with Crippen LogP contribution in [0.15, 0.2) is 18.2 Å². The molecule has 1 aliphatic rings. The van der Waals surface area contributed by atoms with E-state index in [1.807, 2.05) is 0 Å². The first kappa shape index (κ1) is 14.0. The predicted molar refractivity (Wildman–Crippen MR) is 71.0 cm³/mol. The summed E-state index contributed by atoms with van der Waals surface area (Å²) in [5.74, 6) is 1.13. The molecule has 20 heavy (non-hydrogen) atoms. The van der Waals surface area contributed by atoms with Gasteiger partial charge in [0.25, 0.3) is 0 Å². The van der Waals surface area contributed by atoms with Gasteiger partial charge in [0.15, 0.2) is 11.5 Å². The minimum atomic E-state index is -0.529. The number of anilines is 1. The standard InChI is InChI=1S/C13H16N2O5/c1-9(16)15(6-5-14-13(17)18-2)10-3-4-11-12(7-10)20-8-19-11/h3-4,7H,5-6,8H2,1-2H3,(H,14,17). The molecule has 0 saturated carbocycles. The Bertz CT molecular complexity index is 517. The SMILES string of the molecule is COC(=O)NCCN(C(C)=O)c1ccc2c(c1)OCO2. The van der Waals surface area contributed by atoms with Crippen molar-refractivity contribution in [3.63, 3.8) is 0 Å². The molecule has 1 heterocycles. The third-order valence-corrected chi connectivity index (χ3v) is 2.84. The number of ether oxygens (including phenoxy) is 3. The summed E-state index contributed by atoms with van der Waals surface area (Å²) in [6.07, 6.45) is -0.529. The van der Waals surface area contributed by atoms with Crippen molar-refractivity contribution in [2.45, 2.75) is 6.92 Å². The molecule has 0 bridgehead atoms. The van der Waals surface area contributed by atoms with Crippen LogP contribution in [0.3, 0.4) is 0 Å². The van der Waals surface area contributed by atoms with Gasteiger partial charge in [0, 0.05) is 31.8 Å². The Morgan fingerprint density at radius 2 is 2.10 bits per heavy atom. The lowest BCUT2D eigenvalue weighted by molar-refractivity contribution is -0.116. The Labute approximate surface area is 116 Å². The van der Waals surface area contributed by atoms with Crippen molar-refractivity contribution in [2.24, 2.45) is 0 Å². The molecule has 2 amide bonds. The fourth-order valence-electron chi connectivity index (χ4n) is 1.86. The molecule has 1 aromatic carbocycles. The first-order valence-electron chi connectivity index (χ1n) is 6.11. The molecule has 2 rings (SSSR count). The van der Waals surface area contributed by atoms with Gasteiger partial charge in [-0.2, -0.15) is 0 Å². The molecule has 1 N–H and O–H groups in total. The highest BCUT2D eigenvalue weighted by Crippen LogP contribution is 2.35. The van der Waals surface area contributed by atoms with E-state index in [0.717, 1.165) is 0 Å². The highest BCUT2D eigenvalue weighted by Gasteiger charge is 2.18. The van der Waals surface area contributed by atoms with Crippen molar-refractivity contribution in [1.82, 2.24) is 5.32 Å². The van der Waals surface area contributed by atoms with Crippen LogP contribution in [0, 0.1) is 0 Å². The fraction of sp³-hybridized carbons (Fsp3) is 0.385. The number of carbonyl (C=O) groups is 2. The highest BCUT2D eigenvalue weighted by molar-refractivity contribution is 5.92. The van der Waals surface area contributed by atoms with E-state index in [1.165, 1.54) is 18.9 Å². The summed E-state index contributed by atoms with van der Waals surface area (Å²) >= 11 is 0. The van der Waals surface area contributed by atoms with Gasteiger partial charge in [-0.1, -0.05) is 0 Å². The number of benzene rings is 1. The van der Waals surface area contributed by atoms with Crippen LogP contribution in [-0.2, 0) is 9.53 Å². The number of amides is 2. The number of nitrogens with zero attached hydrogens (tertiary/aromatic N) is 1. The van der Waals surface area contributed by atoms with Crippen molar-refractivity contribution in [1.29, 1.82) is 0 Å². The van der Waals surface area contributed by atoms with E-state index in [2.05, 4.69) is 10.1 Å². The number of methoxy groups -OCH3 is 1. The lowest BCUT2D eigenvalue weighted by atomic mass is 10.2. The van der Waals surface area contributed by atoms with Crippen LogP contribution in [0.1, 0.15) is 6.92 Å². The number of hydrogen-bond donors (Lipinski definition) is 1. The number of nitrogens with one attached hydrogen (secondary N) is 1. The first-order valence-corrected chi connectivity index (χ1v) is 6.11. The van der Waals surface area contributed by atoms with Crippen LogP contribution >= 0.6 is 0 Å². The van der Waals surface area contributed by atoms with E-state index in [9.17, 15) is 9.59 Å². The number of rotatable bonds is 4. The second-order valence-electron chi connectivity index (χ2n) is 4.13. The van der Waals surface area contributed by atoms with Crippen LogP contribution < -0.4 is 19.7 Å². The summed E-state index contributed by atoms with van der Waals surface area (Å²) in [6, 6.07) is 5.26. The van der Waals surface area contributed by atoms with Crippen LogP contribution in [0.2, 0.25) is 0 Å². The highest BCUT2D eigenvalue weighted by atomic mass is 16.7. The van der Waals surface area contributed by atoms with Gasteiger partial charge >= 0.3 is 6.09 Å². The summed E-state index contributed by atoms with van der Waals surface area (Å²) in [4.78, 5) is 24.2. The maximum atomic E-state index is 11.7. The Morgan fingerprint density at radius 1 is 1.35 bits per heavy atom. The number of carbonyl (C=O) groups excluding carboxylic acids is 2. The molecule has 108 valence electrons. The molecule has 0 aromatic heterocycles. The molecular formula is C13H16N2O5. The van der Waals surface area contributed by atoms with Crippen molar-refractivity contribution in [3.05, 3.63) is 18.2 Å². The molecule has 1 aliphatic heterocycles. The number of alkyl carbamates (subject to hydrolysis) is 1. The number of fused-ring (bicyclic) bond motifs is 1. The van der Waals surface area contributed by atoms with Crippen molar-refractivity contribution >= 4 is 17.7 Å². The third-order valence-electron chi connectivity index (χ3n) is 2.84. The monoisotopic (exact) mass is 280 g/mol. The van der Waals surface area contributed by atoms with Crippen LogP contribution in [-0.4, -0.2) is 39.0 Å². The molecule has 0 unspecified atom stereocenters. The molecule has 0 spiro atoms. The maximum Gasteiger partial charge on any atom is 0.406 e. The summed E-state index contributed by atoms with van der Waals surface area (Å²) < 4.78 is 15.0. The molecule has 7 heteroatoms. The molecular weight excluding hydrogens is 264 g/mol. The fourth-order valence-corrected chi connectivity index (χ4v) is 1.86. The minimum Gasteiger partial charge on any atom is -0.454 e. The summed E-state index contributed by atoms with van der Waals surface area (Å²) in [7, 11) is 1.29. The number of hydrogen-bond acceptors (Lipinski definition) is 5. The summed E-state index contributed by atoms with van der Waals surface area (Å²) in [6.45, 7) is 2.27. The molecule has 1 aromatic rings. The largest absolute Gasteiger partial charge is 0.454 e. The van der Waals surface area contributed by atoms with E-state index < -0.39 is 6.09 Å². The predicted octanol–water partition coefficient (Wildman–Crippen LogP) is 1.12. The normalized spacial score (nSPS) is 11.9. The zero-order chi connectivity index (χ0) is 14.5. The van der Waals surface area contributed by atoms with E-state index in [1.54, 1.807) is 18.2 Å². The average molecular weight is 280 g/mol. The van der Waals surface area contributed by atoms with Gasteiger partial charge in [-0.15, -0.1) is 0 Å².